The van der Waals surface area contributed by atoms with Crippen LogP contribution < -0.4 is 11.1 Å². The zero-order valence-electron chi connectivity index (χ0n) is 14.9. The van der Waals surface area contributed by atoms with Gasteiger partial charge >= 0.3 is 0 Å². The molecular formula is C19H20I2N4O3. The van der Waals surface area contributed by atoms with Gasteiger partial charge in [-0.05, 0) is 81.4 Å². The number of primary amides is 1. The van der Waals surface area contributed by atoms with Gasteiger partial charge in [0.25, 0.3) is 0 Å². The second-order valence-corrected chi connectivity index (χ2v) is 8.65. The number of aromatic hydroxyl groups is 1. The zero-order chi connectivity index (χ0) is 20.3. The van der Waals surface area contributed by atoms with Crippen molar-refractivity contribution in [2.24, 2.45) is 5.73 Å². The Morgan fingerprint density at radius 3 is 2.57 bits per heavy atom. The summed E-state index contributed by atoms with van der Waals surface area (Å²) >= 11 is 4.14. The number of para-hydroxylation sites is 2. The molecule has 0 spiro atoms. The molecule has 1 atom stereocenters. The first-order valence-corrected chi connectivity index (χ1v) is 10.9. The van der Waals surface area contributed by atoms with Crippen molar-refractivity contribution in [1.82, 2.24) is 9.55 Å². The summed E-state index contributed by atoms with van der Waals surface area (Å²) < 4.78 is 3.26. The molecule has 0 aliphatic carbocycles. The van der Waals surface area contributed by atoms with E-state index in [1.165, 1.54) is 0 Å². The van der Waals surface area contributed by atoms with Gasteiger partial charge in [-0.15, -0.1) is 0 Å². The molecule has 1 aromatic heterocycles. The number of nitrogens with zero attached hydrogens (tertiary/aromatic N) is 2. The Balaban J connectivity index is 2.05. The Kier molecular flexibility index (Phi) is 6.99. The first kappa shape index (κ1) is 21.1. The van der Waals surface area contributed by atoms with E-state index < -0.39 is 11.9 Å². The predicted octanol–water partition coefficient (Wildman–Crippen LogP) is 3.01. The van der Waals surface area contributed by atoms with Crippen molar-refractivity contribution in [3.63, 3.8) is 0 Å². The number of hydrogen-bond acceptors (Lipinski definition) is 5. The number of fused-ring (bicyclic) bond motifs is 1. The van der Waals surface area contributed by atoms with E-state index >= 15 is 0 Å². The van der Waals surface area contributed by atoms with E-state index in [9.17, 15) is 9.90 Å². The molecule has 0 saturated heterocycles. The molecule has 5 N–H and O–H groups in total. The fourth-order valence-electron chi connectivity index (χ4n) is 3.04. The molecule has 148 valence electrons. The van der Waals surface area contributed by atoms with Gasteiger partial charge in [-0.1, -0.05) is 12.1 Å². The van der Waals surface area contributed by atoms with Gasteiger partial charge in [-0.3, -0.25) is 9.36 Å². The standard InChI is InChI=1S/C19H20I2N4O3/c20-12-8-11(9-13(21)17(12)27)10-16(18(22)28)25-15-5-2-1-4-14(15)24-19(25)23-6-3-7-26/h1-2,4-5,8-9,16,26-27H,3,6-7,10H2,(H2,22,28)(H,23,24). The fraction of sp³-hybridized carbons (Fsp3) is 0.263. The highest BCUT2D eigenvalue weighted by Crippen LogP contribution is 2.31. The number of aromatic nitrogens is 2. The SMILES string of the molecule is NC(=O)C(Cc1cc(I)c(O)c(I)c1)n1c(NCCCO)nc2ccccc21. The summed E-state index contributed by atoms with van der Waals surface area (Å²) in [5.41, 5.74) is 8.25. The second kappa shape index (κ2) is 9.27. The van der Waals surface area contributed by atoms with Crippen LogP contribution in [0.2, 0.25) is 0 Å². The van der Waals surface area contributed by atoms with Gasteiger partial charge in [0, 0.05) is 19.6 Å². The van der Waals surface area contributed by atoms with Crippen molar-refractivity contribution < 1.29 is 15.0 Å². The number of hydrogen-bond donors (Lipinski definition) is 4. The molecule has 0 bridgehead atoms. The highest BCUT2D eigenvalue weighted by Gasteiger charge is 2.25. The number of phenols is 1. The maximum absolute atomic E-state index is 12.4. The minimum absolute atomic E-state index is 0.0663. The van der Waals surface area contributed by atoms with E-state index in [-0.39, 0.29) is 12.4 Å². The van der Waals surface area contributed by atoms with Crippen molar-refractivity contribution >= 4 is 68.1 Å². The van der Waals surface area contributed by atoms with Crippen molar-refractivity contribution in [3.8, 4) is 5.75 Å². The third kappa shape index (κ3) is 4.51. The molecule has 28 heavy (non-hydrogen) atoms. The third-order valence-corrected chi connectivity index (χ3v) is 6.00. The van der Waals surface area contributed by atoms with Crippen molar-refractivity contribution in [1.29, 1.82) is 0 Å². The monoisotopic (exact) mass is 606 g/mol. The van der Waals surface area contributed by atoms with Crippen molar-refractivity contribution in [3.05, 3.63) is 49.1 Å². The Morgan fingerprint density at radius 1 is 1.25 bits per heavy atom. The van der Waals surface area contributed by atoms with Crippen LogP contribution in [0.4, 0.5) is 5.95 Å². The Labute approximate surface area is 189 Å². The number of nitrogens with two attached hydrogens (primary N) is 1. The summed E-state index contributed by atoms with van der Waals surface area (Å²) in [5.74, 6) is 0.313. The number of carbonyl (C=O) groups is 1. The zero-order valence-corrected chi connectivity index (χ0v) is 19.2. The van der Waals surface area contributed by atoms with Gasteiger partial charge in [0.1, 0.15) is 11.8 Å². The molecule has 7 nitrogen and oxygen atoms in total. The number of carbonyl (C=O) groups excluding carboxylic acids is 1. The van der Waals surface area contributed by atoms with Crippen LogP contribution >= 0.6 is 45.2 Å². The van der Waals surface area contributed by atoms with E-state index in [2.05, 4.69) is 55.5 Å². The lowest BCUT2D eigenvalue weighted by Crippen LogP contribution is -2.29. The predicted molar refractivity (Wildman–Crippen MR) is 125 cm³/mol. The van der Waals surface area contributed by atoms with Crippen LogP contribution in [0, 0.1) is 7.14 Å². The van der Waals surface area contributed by atoms with Crippen LogP contribution in [-0.4, -0.2) is 38.8 Å². The number of amides is 1. The van der Waals surface area contributed by atoms with E-state index in [0.717, 1.165) is 23.7 Å². The largest absolute Gasteiger partial charge is 0.506 e. The van der Waals surface area contributed by atoms with Crippen LogP contribution in [0.15, 0.2) is 36.4 Å². The van der Waals surface area contributed by atoms with Crippen molar-refractivity contribution in [2.75, 3.05) is 18.5 Å². The maximum atomic E-state index is 12.4. The summed E-state index contributed by atoms with van der Waals surface area (Å²) in [5, 5.41) is 22.3. The number of nitrogens with one attached hydrogen (secondary N) is 1. The second-order valence-electron chi connectivity index (χ2n) is 6.33. The lowest BCUT2D eigenvalue weighted by molar-refractivity contribution is -0.121. The van der Waals surface area contributed by atoms with E-state index in [4.69, 9.17) is 10.8 Å². The lowest BCUT2D eigenvalue weighted by atomic mass is 10.0. The van der Waals surface area contributed by atoms with E-state index in [1.54, 1.807) is 0 Å². The van der Waals surface area contributed by atoms with Crippen molar-refractivity contribution in [2.45, 2.75) is 18.9 Å². The van der Waals surface area contributed by atoms with Crippen LogP contribution in [0.1, 0.15) is 18.0 Å². The van der Waals surface area contributed by atoms with Crippen LogP contribution in [-0.2, 0) is 11.2 Å². The molecule has 0 saturated carbocycles. The topological polar surface area (TPSA) is 113 Å². The average Bonchev–Trinajstić information content (AvgIpc) is 3.02. The Morgan fingerprint density at radius 2 is 1.93 bits per heavy atom. The molecule has 3 aromatic rings. The number of halogens is 2. The average molecular weight is 606 g/mol. The van der Waals surface area contributed by atoms with Gasteiger partial charge in [0.2, 0.25) is 11.9 Å². The quantitative estimate of drug-likeness (QED) is 0.233. The van der Waals surface area contributed by atoms with Crippen LogP contribution in [0.3, 0.4) is 0 Å². The van der Waals surface area contributed by atoms with Gasteiger partial charge < -0.3 is 21.3 Å². The van der Waals surface area contributed by atoms with Gasteiger partial charge in [0.05, 0.1) is 18.2 Å². The number of imidazole rings is 1. The van der Waals surface area contributed by atoms with Gasteiger partial charge in [-0.2, -0.15) is 0 Å². The van der Waals surface area contributed by atoms with Gasteiger partial charge in [0.15, 0.2) is 0 Å². The summed E-state index contributed by atoms with van der Waals surface area (Å²) in [7, 11) is 0. The number of phenolic OH excluding ortho intramolecular Hbond substituents is 1. The molecule has 0 radical (unpaired) electrons. The Hall–Kier alpha value is -1.60. The first-order valence-electron chi connectivity index (χ1n) is 8.70. The minimum Gasteiger partial charge on any atom is -0.506 e. The molecule has 1 amide bonds. The van der Waals surface area contributed by atoms with Gasteiger partial charge in [-0.25, -0.2) is 4.98 Å². The van der Waals surface area contributed by atoms with Crippen LogP contribution in [0.25, 0.3) is 11.0 Å². The Bertz CT molecular complexity index is 983. The molecule has 0 aliphatic heterocycles. The van der Waals surface area contributed by atoms with Crippen LogP contribution in [0.5, 0.6) is 5.75 Å². The smallest absolute Gasteiger partial charge is 0.240 e. The number of anilines is 1. The summed E-state index contributed by atoms with van der Waals surface area (Å²) in [6.45, 7) is 0.594. The van der Waals surface area contributed by atoms with E-state index in [0.29, 0.717) is 25.3 Å². The summed E-state index contributed by atoms with van der Waals surface area (Å²) in [6, 6.07) is 10.6. The summed E-state index contributed by atoms with van der Waals surface area (Å²) in [4.78, 5) is 17.0. The number of aliphatic hydroxyl groups excluding tert-OH is 1. The molecule has 3 rings (SSSR count). The molecule has 0 aliphatic rings. The minimum atomic E-state index is -0.653. The molecule has 1 heterocycles. The third-order valence-electron chi connectivity index (χ3n) is 4.36. The molecule has 1 unspecified atom stereocenters. The number of rotatable bonds is 8. The highest BCUT2D eigenvalue weighted by molar-refractivity contribution is 14.1. The molecule has 0 fully saturated rings. The fourth-order valence-corrected chi connectivity index (χ4v) is 4.94. The molecule has 9 heteroatoms. The first-order chi connectivity index (χ1) is 13.4. The number of benzene rings is 2. The lowest BCUT2D eigenvalue weighted by Gasteiger charge is -2.20. The number of aliphatic hydroxyl groups is 1. The molecule has 2 aromatic carbocycles. The molecular weight excluding hydrogens is 586 g/mol. The highest BCUT2D eigenvalue weighted by atomic mass is 127. The summed E-state index contributed by atoms with van der Waals surface area (Å²) in [6.07, 6.45) is 0.940. The van der Waals surface area contributed by atoms with E-state index in [1.807, 2.05) is 41.0 Å². The maximum Gasteiger partial charge on any atom is 0.240 e. The normalized spacial score (nSPS) is 12.2.